The summed E-state index contributed by atoms with van der Waals surface area (Å²) in [5.41, 5.74) is 0. The molecule has 0 saturated heterocycles. The van der Waals surface area contributed by atoms with Crippen LogP contribution in [-0.2, 0) is 9.47 Å². The van der Waals surface area contributed by atoms with Crippen molar-refractivity contribution in [2.45, 2.75) is 110 Å². The van der Waals surface area contributed by atoms with Crippen molar-refractivity contribution in [3.8, 4) is 0 Å². The second kappa shape index (κ2) is 20.9. The van der Waals surface area contributed by atoms with Crippen LogP contribution in [0.3, 0.4) is 0 Å². The topological polar surface area (TPSA) is 38.7 Å². The highest BCUT2D eigenvalue weighted by molar-refractivity contribution is 4.53. The maximum absolute atomic E-state index is 9.08. The van der Waals surface area contributed by atoms with Gasteiger partial charge >= 0.3 is 0 Å². The Kier molecular flexibility index (Phi) is 20.8. The molecule has 0 aromatic carbocycles. The molecule has 0 amide bonds. The molecule has 1 atom stereocenters. The molecule has 0 rings (SSSR count). The number of hydrogen-bond donors (Lipinski definition) is 1. The lowest BCUT2D eigenvalue weighted by atomic mass is 10.0. The van der Waals surface area contributed by atoms with Gasteiger partial charge in [0.25, 0.3) is 0 Å². The van der Waals surface area contributed by atoms with E-state index in [2.05, 4.69) is 6.92 Å². The van der Waals surface area contributed by atoms with Gasteiger partial charge in [-0.2, -0.15) is 0 Å². The van der Waals surface area contributed by atoms with E-state index in [1.165, 1.54) is 83.5 Å². The van der Waals surface area contributed by atoms with Crippen molar-refractivity contribution in [1.29, 1.82) is 0 Å². The molecule has 24 heavy (non-hydrogen) atoms. The Morgan fingerprint density at radius 2 is 1.12 bits per heavy atom. The predicted molar refractivity (Wildman–Crippen MR) is 104 cm³/mol. The van der Waals surface area contributed by atoms with Gasteiger partial charge < -0.3 is 14.6 Å². The van der Waals surface area contributed by atoms with Crippen molar-refractivity contribution < 1.29 is 14.6 Å². The number of hydrogen-bond acceptors (Lipinski definition) is 3. The van der Waals surface area contributed by atoms with Crippen LogP contribution >= 0.6 is 0 Å². The van der Waals surface area contributed by atoms with E-state index in [4.69, 9.17) is 14.6 Å². The maximum atomic E-state index is 9.08. The fourth-order valence-electron chi connectivity index (χ4n) is 3.00. The summed E-state index contributed by atoms with van der Waals surface area (Å²) in [6, 6.07) is 0. The van der Waals surface area contributed by atoms with Crippen molar-refractivity contribution in [3.05, 3.63) is 0 Å². The number of unbranched alkanes of at least 4 members (excludes halogenated alkanes) is 13. The van der Waals surface area contributed by atoms with Gasteiger partial charge in [0.2, 0.25) is 0 Å². The monoisotopic (exact) mass is 344 g/mol. The zero-order chi connectivity index (χ0) is 17.7. The van der Waals surface area contributed by atoms with E-state index < -0.39 is 0 Å². The Balaban J connectivity index is 3.07. The van der Waals surface area contributed by atoms with Crippen LogP contribution in [0.15, 0.2) is 0 Å². The van der Waals surface area contributed by atoms with Crippen molar-refractivity contribution in [2.24, 2.45) is 0 Å². The Morgan fingerprint density at radius 3 is 1.54 bits per heavy atom. The molecule has 1 N–H and O–H groups in total. The first kappa shape index (κ1) is 23.9. The maximum Gasteiger partial charge on any atom is 0.104 e. The zero-order valence-corrected chi connectivity index (χ0v) is 16.6. The van der Waals surface area contributed by atoms with E-state index in [-0.39, 0.29) is 12.7 Å². The summed E-state index contributed by atoms with van der Waals surface area (Å²) in [5.74, 6) is 0. The normalized spacial score (nSPS) is 12.6. The van der Waals surface area contributed by atoms with Crippen molar-refractivity contribution >= 4 is 0 Å². The van der Waals surface area contributed by atoms with Gasteiger partial charge in [0.1, 0.15) is 6.10 Å². The third-order valence-corrected chi connectivity index (χ3v) is 4.55. The van der Waals surface area contributed by atoms with E-state index in [0.717, 1.165) is 13.0 Å². The third kappa shape index (κ3) is 18.2. The van der Waals surface area contributed by atoms with Gasteiger partial charge in [0, 0.05) is 13.2 Å². The SMILES string of the molecule is CCCCCCCCCCCCCCCCOCC(CO)OCC. The van der Waals surface area contributed by atoms with Crippen LogP contribution in [0, 0.1) is 0 Å². The second-order valence-corrected chi connectivity index (χ2v) is 6.93. The Morgan fingerprint density at radius 1 is 0.667 bits per heavy atom. The molecule has 0 fully saturated rings. The lowest BCUT2D eigenvalue weighted by molar-refractivity contribution is -0.0384. The lowest BCUT2D eigenvalue weighted by Crippen LogP contribution is -2.24. The molecule has 146 valence electrons. The van der Waals surface area contributed by atoms with Gasteiger partial charge in [-0.1, -0.05) is 90.4 Å². The minimum atomic E-state index is -0.151. The Labute approximate surface area is 151 Å². The first-order valence-electron chi connectivity index (χ1n) is 10.6. The number of rotatable bonds is 20. The molecule has 1 unspecified atom stereocenters. The summed E-state index contributed by atoms with van der Waals surface area (Å²) in [5, 5.41) is 9.08. The molecule has 0 saturated carbocycles. The van der Waals surface area contributed by atoms with Crippen molar-refractivity contribution in [3.63, 3.8) is 0 Å². The quantitative estimate of drug-likeness (QED) is 0.280. The molecular formula is C21H44O3. The van der Waals surface area contributed by atoms with Gasteiger partial charge in [-0.3, -0.25) is 0 Å². The molecule has 3 nitrogen and oxygen atoms in total. The second-order valence-electron chi connectivity index (χ2n) is 6.93. The first-order chi connectivity index (χ1) is 11.8. The van der Waals surface area contributed by atoms with Crippen LogP contribution in [0.2, 0.25) is 0 Å². The van der Waals surface area contributed by atoms with Gasteiger partial charge in [-0.15, -0.1) is 0 Å². The average molecular weight is 345 g/mol. The molecule has 0 aromatic rings. The van der Waals surface area contributed by atoms with Crippen LogP contribution in [0.5, 0.6) is 0 Å². The van der Waals surface area contributed by atoms with E-state index in [0.29, 0.717) is 13.2 Å². The average Bonchev–Trinajstić information content (AvgIpc) is 2.60. The van der Waals surface area contributed by atoms with Crippen LogP contribution in [-0.4, -0.2) is 37.6 Å². The lowest BCUT2D eigenvalue weighted by Gasteiger charge is -2.14. The summed E-state index contributed by atoms with van der Waals surface area (Å²) >= 11 is 0. The largest absolute Gasteiger partial charge is 0.394 e. The predicted octanol–water partition coefficient (Wildman–Crippen LogP) is 5.88. The van der Waals surface area contributed by atoms with Crippen LogP contribution in [0.4, 0.5) is 0 Å². The van der Waals surface area contributed by atoms with Gasteiger partial charge in [0.15, 0.2) is 0 Å². The first-order valence-corrected chi connectivity index (χ1v) is 10.6. The van der Waals surface area contributed by atoms with Gasteiger partial charge in [0.05, 0.1) is 13.2 Å². The molecule has 0 aliphatic rings. The molecule has 0 aliphatic carbocycles. The molecular weight excluding hydrogens is 300 g/mol. The standard InChI is InChI=1S/C21H44O3/c1-3-5-6-7-8-9-10-11-12-13-14-15-16-17-18-23-20-21(19-22)24-4-2/h21-22H,3-20H2,1-2H3. The molecule has 3 heteroatoms. The fourth-order valence-corrected chi connectivity index (χ4v) is 3.00. The molecule has 0 heterocycles. The van der Waals surface area contributed by atoms with E-state index in [9.17, 15) is 0 Å². The molecule has 0 aromatic heterocycles. The molecule has 0 bridgehead atoms. The molecule has 0 radical (unpaired) electrons. The van der Waals surface area contributed by atoms with Crippen LogP contribution < -0.4 is 0 Å². The summed E-state index contributed by atoms with van der Waals surface area (Å²) < 4.78 is 10.9. The number of ether oxygens (including phenoxy) is 2. The minimum absolute atomic E-state index is 0.0482. The fraction of sp³-hybridized carbons (Fsp3) is 1.00. The number of aliphatic hydroxyl groups is 1. The van der Waals surface area contributed by atoms with E-state index in [1.807, 2.05) is 6.92 Å². The molecule has 0 aliphatic heterocycles. The van der Waals surface area contributed by atoms with Gasteiger partial charge in [-0.25, -0.2) is 0 Å². The summed E-state index contributed by atoms with van der Waals surface area (Å²) in [6.45, 7) is 6.21. The van der Waals surface area contributed by atoms with E-state index >= 15 is 0 Å². The number of aliphatic hydroxyl groups excluding tert-OH is 1. The smallest absolute Gasteiger partial charge is 0.104 e. The van der Waals surface area contributed by atoms with Crippen LogP contribution in [0.25, 0.3) is 0 Å². The highest BCUT2D eigenvalue weighted by Gasteiger charge is 2.05. The minimum Gasteiger partial charge on any atom is -0.394 e. The summed E-state index contributed by atoms with van der Waals surface area (Å²) in [6.07, 6.45) is 19.1. The summed E-state index contributed by atoms with van der Waals surface area (Å²) in [4.78, 5) is 0. The molecule has 0 spiro atoms. The highest BCUT2D eigenvalue weighted by atomic mass is 16.5. The van der Waals surface area contributed by atoms with E-state index in [1.54, 1.807) is 0 Å². The van der Waals surface area contributed by atoms with Crippen molar-refractivity contribution in [2.75, 3.05) is 26.4 Å². The van der Waals surface area contributed by atoms with Gasteiger partial charge in [-0.05, 0) is 13.3 Å². The Hall–Kier alpha value is -0.120. The van der Waals surface area contributed by atoms with Crippen molar-refractivity contribution in [1.82, 2.24) is 0 Å². The summed E-state index contributed by atoms with van der Waals surface area (Å²) in [7, 11) is 0. The highest BCUT2D eigenvalue weighted by Crippen LogP contribution is 2.12. The van der Waals surface area contributed by atoms with Crippen LogP contribution in [0.1, 0.15) is 104 Å². The Bertz CT molecular complexity index is 221. The third-order valence-electron chi connectivity index (χ3n) is 4.55. The zero-order valence-electron chi connectivity index (χ0n) is 16.6.